The molecule has 0 spiro atoms. The van der Waals surface area contributed by atoms with Crippen molar-refractivity contribution < 1.29 is 22.7 Å². The highest BCUT2D eigenvalue weighted by molar-refractivity contribution is 7.99. The van der Waals surface area contributed by atoms with Gasteiger partial charge < -0.3 is 14.6 Å². The number of amides is 1. The van der Waals surface area contributed by atoms with Crippen molar-refractivity contribution in [2.24, 2.45) is 7.05 Å². The number of carbonyl (C=O) groups excluding carboxylic acids is 1. The molecule has 30 heavy (non-hydrogen) atoms. The third-order valence-electron chi connectivity index (χ3n) is 4.25. The molecule has 1 aromatic heterocycles. The number of methoxy groups -OCH3 is 1. The minimum Gasteiger partial charge on any atom is -0.497 e. The number of benzene rings is 2. The first kappa shape index (κ1) is 21.7. The molecule has 0 fully saturated rings. The van der Waals surface area contributed by atoms with E-state index in [9.17, 15) is 18.0 Å². The third-order valence-corrected chi connectivity index (χ3v) is 5.27. The fraction of sp³-hybridized carbons (Fsp3) is 0.250. The van der Waals surface area contributed by atoms with Gasteiger partial charge in [0.2, 0.25) is 5.91 Å². The Morgan fingerprint density at radius 3 is 2.57 bits per heavy atom. The molecule has 1 N–H and O–H groups in total. The number of nitrogens with zero attached hydrogens (tertiary/aromatic N) is 3. The molecule has 3 aromatic rings. The van der Waals surface area contributed by atoms with Gasteiger partial charge in [-0.05, 0) is 35.9 Å². The van der Waals surface area contributed by atoms with Crippen molar-refractivity contribution in [2.45, 2.75) is 17.8 Å². The maximum atomic E-state index is 12.8. The normalized spacial score (nSPS) is 11.4. The van der Waals surface area contributed by atoms with E-state index >= 15 is 0 Å². The van der Waals surface area contributed by atoms with Gasteiger partial charge in [-0.15, -0.1) is 10.2 Å². The van der Waals surface area contributed by atoms with Crippen molar-refractivity contribution in [2.75, 3.05) is 18.2 Å². The number of anilines is 1. The number of alkyl halides is 3. The van der Waals surface area contributed by atoms with Crippen LogP contribution in [0.3, 0.4) is 0 Å². The van der Waals surface area contributed by atoms with Gasteiger partial charge in [-0.3, -0.25) is 4.79 Å². The lowest BCUT2D eigenvalue weighted by Gasteiger charge is -2.09. The van der Waals surface area contributed by atoms with Crippen LogP contribution >= 0.6 is 11.8 Å². The van der Waals surface area contributed by atoms with Crippen molar-refractivity contribution in [3.8, 4) is 5.75 Å². The Labute approximate surface area is 175 Å². The molecule has 6 nitrogen and oxygen atoms in total. The van der Waals surface area contributed by atoms with Gasteiger partial charge in [0.25, 0.3) is 0 Å². The van der Waals surface area contributed by atoms with Crippen molar-refractivity contribution in [1.29, 1.82) is 0 Å². The van der Waals surface area contributed by atoms with Crippen molar-refractivity contribution in [1.82, 2.24) is 14.8 Å². The predicted molar refractivity (Wildman–Crippen MR) is 108 cm³/mol. The molecular formula is C20H19F3N4O2S. The van der Waals surface area contributed by atoms with E-state index in [1.165, 1.54) is 12.1 Å². The van der Waals surface area contributed by atoms with Gasteiger partial charge in [0, 0.05) is 19.2 Å². The van der Waals surface area contributed by atoms with Crippen LogP contribution in [0.25, 0.3) is 0 Å². The zero-order valence-corrected chi connectivity index (χ0v) is 17.0. The van der Waals surface area contributed by atoms with Gasteiger partial charge in [-0.25, -0.2) is 0 Å². The van der Waals surface area contributed by atoms with Crippen molar-refractivity contribution in [3.63, 3.8) is 0 Å². The van der Waals surface area contributed by atoms with Crippen LogP contribution in [-0.2, 0) is 24.4 Å². The first-order valence-electron chi connectivity index (χ1n) is 8.87. The summed E-state index contributed by atoms with van der Waals surface area (Å²) >= 11 is 1.16. The summed E-state index contributed by atoms with van der Waals surface area (Å²) in [6, 6.07) is 12.1. The predicted octanol–water partition coefficient (Wildman–Crippen LogP) is 4.16. The molecular weight excluding hydrogens is 417 g/mol. The minimum absolute atomic E-state index is 0.00917. The summed E-state index contributed by atoms with van der Waals surface area (Å²) in [6.45, 7) is 0. The van der Waals surface area contributed by atoms with E-state index in [1.54, 1.807) is 18.7 Å². The average Bonchev–Trinajstić information content (AvgIpc) is 3.06. The summed E-state index contributed by atoms with van der Waals surface area (Å²) in [5, 5.41) is 11.3. The van der Waals surface area contributed by atoms with E-state index in [0.717, 1.165) is 41.0 Å². The average molecular weight is 436 g/mol. The maximum Gasteiger partial charge on any atom is 0.416 e. The zero-order chi connectivity index (χ0) is 21.7. The lowest BCUT2D eigenvalue weighted by atomic mass is 10.1. The SMILES string of the molecule is COc1ccc(Cc2nnc(SCC(=O)Nc3cccc(C(F)(F)F)c3)n2C)cc1. The lowest BCUT2D eigenvalue weighted by molar-refractivity contribution is -0.137. The van der Waals surface area contributed by atoms with Gasteiger partial charge in [0.1, 0.15) is 11.6 Å². The topological polar surface area (TPSA) is 69.0 Å². The van der Waals surface area contributed by atoms with E-state index < -0.39 is 17.6 Å². The summed E-state index contributed by atoms with van der Waals surface area (Å²) in [7, 11) is 3.40. The van der Waals surface area contributed by atoms with E-state index in [0.29, 0.717) is 11.6 Å². The van der Waals surface area contributed by atoms with Crippen LogP contribution < -0.4 is 10.1 Å². The molecule has 0 atom stereocenters. The Hall–Kier alpha value is -3.01. The molecule has 3 rings (SSSR count). The molecule has 0 aliphatic heterocycles. The van der Waals surface area contributed by atoms with Crippen LogP contribution in [0.5, 0.6) is 5.75 Å². The summed E-state index contributed by atoms with van der Waals surface area (Å²) in [6.07, 6.45) is -3.90. The number of aromatic nitrogens is 3. The van der Waals surface area contributed by atoms with Crippen molar-refractivity contribution in [3.05, 3.63) is 65.5 Å². The number of hydrogen-bond acceptors (Lipinski definition) is 5. The van der Waals surface area contributed by atoms with Crippen LogP contribution in [0.1, 0.15) is 17.0 Å². The second kappa shape index (κ2) is 9.21. The number of thioether (sulfide) groups is 1. The van der Waals surface area contributed by atoms with E-state index in [1.807, 2.05) is 24.3 Å². The third kappa shape index (κ3) is 5.53. The van der Waals surface area contributed by atoms with Crippen LogP contribution in [0.4, 0.5) is 18.9 Å². The highest BCUT2D eigenvalue weighted by Crippen LogP contribution is 2.30. The van der Waals surface area contributed by atoms with Gasteiger partial charge >= 0.3 is 6.18 Å². The molecule has 0 aliphatic rings. The second-order valence-corrected chi connectivity index (χ2v) is 7.34. The molecule has 1 heterocycles. The minimum atomic E-state index is -4.46. The number of hydrogen-bond donors (Lipinski definition) is 1. The van der Waals surface area contributed by atoms with Crippen LogP contribution in [0, 0.1) is 0 Å². The summed E-state index contributed by atoms with van der Waals surface area (Å²) in [5.41, 5.74) is 0.308. The molecule has 0 saturated carbocycles. The maximum absolute atomic E-state index is 12.8. The fourth-order valence-corrected chi connectivity index (χ4v) is 3.38. The molecule has 0 bridgehead atoms. The number of nitrogens with one attached hydrogen (secondary N) is 1. The molecule has 1 amide bonds. The molecule has 2 aromatic carbocycles. The van der Waals surface area contributed by atoms with E-state index in [2.05, 4.69) is 15.5 Å². The van der Waals surface area contributed by atoms with Gasteiger partial charge in [0.05, 0.1) is 18.4 Å². The highest BCUT2D eigenvalue weighted by Gasteiger charge is 2.30. The molecule has 158 valence electrons. The largest absolute Gasteiger partial charge is 0.497 e. The van der Waals surface area contributed by atoms with Crippen LogP contribution in [-0.4, -0.2) is 33.5 Å². The highest BCUT2D eigenvalue weighted by atomic mass is 32.2. The lowest BCUT2D eigenvalue weighted by Crippen LogP contribution is -2.15. The van der Waals surface area contributed by atoms with Crippen LogP contribution in [0.2, 0.25) is 0 Å². The van der Waals surface area contributed by atoms with Gasteiger partial charge in [0.15, 0.2) is 5.16 Å². The number of ether oxygens (including phenoxy) is 1. The Balaban J connectivity index is 1.57. The quantitative estimate of drug-likeness (QED) is 0.563. The molecule has 0 saturated heterocycles. The van der Waals surface area contributed by atoms with Gasteiger partial charge in [-0.1, -0.05) is 30.0 Å². The molecule has 0 unspecified atom stereocenters. The number of halogens is 3. The number of rotatable bonds is 7. The smallest absolute Gasteiger partial charge is 0.416 e. The summed E-state index contributed by atoms with van der Waals surface area (Å²) < 4.78 is 45.2. The fourth-order valence-electron chi connectivity index (χ4n) is 2.65. The first-order valence-corrected chi connectivity index (χ1v) is 9.86. The molecule has 10 heteroatoms. The summed E-state index contributed by atoms with van der Waals surface area (Å²) in [4.78, 5) is 12.1. The first-order chi connectivity index (χ1) is 14.3. The van der Waals surface area contributed by atoms with E-state index in [4.69, 9.17) is 4.74 Å². The standard InChI is InChI=1S/C20H19F3N4O2S/c1-27-17(10-13-6-8-16(29-2)9-7-13)25-26-19(27)30-12-18(28)24-15-5-3-4-14(11-15)20(21,22)23/h3-9,11H,10,12H2,1-2H3,(H,24,28). The van der Waals surface area contributed by atoms with Gasteiger partial charge in [-0.2, -0.15) is 13.2 Å². The van der Waals surface area contributed by atoms with E-state index in [-0.39, 0.29) is 11.4 Å². The Morgan fingerprint density at radius 1 is 1.17 bits per heavy atom. The molecule has 0 radical (unpaired) electrons. The number of carbonyl (C=O) groups is 1. The Morgan fingerprint density at radius 2 is 1.90 bits per heavy atom. The summed E-state index contributed by atoms with van der Waals surface area (Å²) in [5.74, 6) is 1.05. The monoisotopic (exact) mass is 436 g/mol. The Bertz CT molecular complexity index is 1020. The van der Waals surface area contributed by atoms with Crippen LogP contribution in [0.15, 0.2) is 53.7 Å². The molecule has 0 aliphatic carbocycles. The second-order valence-electron chi connectivity index (χ2n) is 6.40. The zero-order valence-electron chi connectivity index (χ0n) is 16.2. The van der Waals surface area contributed by atoms with Crippen molar-refractivity contribution >= 4 is 23.4 Å². The Kier molecular flexibility index (Phi) is 6.66.